The molecule has 0 bridgehead atoms. The average molecular weight is 767 g/mol. The van der Waals surface area contributed by atoms with Crippen molar-refractivity contribution in [1.29, 1.82) is 0 Å². The van der Waals surface area contributed by atoms with Gasteiger partial charge in [-0.3, -0.25) is 0 Å². The maximum atomic E-state index is 12.8. The van der Waals surface area contributed by atoms with E-state index in [9.17, 15) is 19.2 Å². The standard InChI is InChI=1S/C44H54N4O8/c1-3-5-25-53-41(49)39(29-33-31-45-37-23-17-15-21-35(33)37)47-43(51)55-27-19-13-11-9-7-8-10-12-14-20-28-56-44(52)48-40(42(50)54-26-6-4-2)30-34-32-46-38-24-18-16-22-36(34)38/h15-18,21-24,31-32,39-40,45-46H,3-6,11-14,19-20,25-30H2,1-2H3,(H,47,51)(H,48,52)/t39-,40-/m0/s1. The summed E-state index contributed by atoms with van der Waals surface area (Å²) >= 11 is 0. The second kappa shape index (κ2) is 24.5. The van der Waals surface area contributed by atoms with E-state index in [1.165, 1.54) is 0 Å². The number of esters is 2. The number of benzene rings is 2. The summed E-state index contributed by atoms with van der Waals surface area (Å²) < 4.78 is 21.5. The number of amides is 2. The van der Waals surface area contributed by atoms with Crippen LogP contribution in [0.15, 0.2) is 60.9 Å². The van der Waals surface area contributed by atoms with Gasteiger partial charge in [0.25, 0.3) is 0 Å². The molecule has 4 aromatic rings. The number of hydrogen-bond donors (Lipinski definition) is 4. The quantitative estimate of drug-likeness (QED) is 0.0275. The van der Waals surface area contributed by atoms with Gasteiger partial charge in [0.05, 0.1) is 26.4 Å². The van der Waals surface area contributed by atoms with E-state index in [0.717, 1.165) is 71.5 Å². The van der Waals surface area contributed by atoms with Crippen molar-refractivity contribution in [3.63, 3.8) is 0 Å². The third-order valence-corrected chi connectivity index (χ3v) is 8.93. The lowest BCUT2D eigenvalue weighted by atomic mass is 10.1. The number of aromatic amines is 2. The van der Waals surface area contributed by atoms with Crippen LogP contribution in [-0.4, -0.2) is 72.6 Å². The van der Waals surface area contributed by atoms with Crippen molar-refractivity contribution in [2.24, 2.45) is 0 Å². The Balaban J connectivity index is 1.08. The molecule has 12 nitrogen and oxygen atoms in total. The molecule has 0 aliphatic heterocycles. The van der Waals surface area contributed by atoms with E-state index in [0.29, 0.717) is 38.9 Å². The molecule has 2 atom stereocenters. The molecule has 4 rings (SSSR count). The van der Waals surface area contributed by atoms with Gasteiger partial charge in [0, 0.05) is 59.9 Å². The van der Waals surface area contributed by atoms with Gasteiger partial charge >= 0.3 is 24.1 Å². The maximum Gasteiger partial charge on any atom is 0.407 e. The van der Waals surface area contributed by atoms with E-state index in [1.54, 1.807) is 0 Å². The van der Waals surface area contributed by atoms with Crippen LogP contribution >= 0.6 is 0 Å². The Hall–Kier alpha value is -5.88. The monoisotopic (exact) mass is 766 g/mol. The molecule has 298 valence electrons. The Labute approximate surface area is 329 Å². The first-order valence-electron chi connectivity index (χ1n) is 19.6. The topological polar surface area (TPSA) is 161 Å². The number of para-hydroxylation sites is 2. The molecule has 4 N–H and O–H groups in total. The van der Waals surface area contributed by atoms with Crippen LogP contribution in [0.25, 0.3) is 21.8 Å². The van der Waals surface area contributed by atoms with Crippen molar-refractivity contribution in [2.45, 2.75) is 103 Å². The molecule has 0 aliphatic carbocycles. The number of hydrogen-bond acceptors (Lipinski definition) is 8. The van der Waals surface area contributed by atoms with Gasteiger partial charge < -0.3 is 39.5 Å². The number of carbonyl (C=O) groups is 4. The van der Waals surface area contributed by atoms with Crippen molar-refractivity contribution in [3.05, 3.63) is 72.1 Å². The minimum atomic E-state index is -0.873. The molecule has 0 spiro atoms. The summed E-state index contributed by atoms with van der Waals surface area (Å²) in [5.41, 5.74) is 3.71. The van der Waals surface area contributed by atoms with E-state index >= 15 is 0 Å². The summed E-state index contributed by atoms with van der Waals surface area (Å²) in [6, 6.07) is 13.8. The fourth-order valence-electron chi connectivity index (χ4n) is 5.80. The van der Waals surface area contributed by atoms with Gasteiger partial charge in [-0.1, -0.05) is 74.9 Å². The van der Waals surface area contributed by atoms with Crippen molar-refractivity contribution >= 4 is 45.9 Å². The first-order chi connectivity index (χ1) is 27.4. The van der Waals surface area contributed by atoms with Gasteiger partial charge in [0.15, 0.2) is 0 Å². The molecule has 0 unspecified atom stereocenters. The molecule has 0 fully saturated rings. The lowest BCUT2D eigenvalue weighted by molar-refractivity contribution is -0.147. The fourth-order valence-corrected chi connectivity index (χ4v) is 5.80. The maximum absolute atomic E-state index is 12.8. The summed E-state index contributed by atoms with van der Waals surface area (Å²) in [5.74, 6) is 10.7. The SMILES string of the molecule is CCCCOC(=O)[C@H](Cc1c[nH]c2ccccc12)NC(=O)OCCCCC#CC#CCCCCOC(=O)N[C@@H](Cc1c[nH]c2ccccc12)C(=O)OCCCC. The highest BCUT2D eigenvalue weighted by Crippen LogP contribution is 2.21. The van der Waals surface area contributed by atoms with E-state index in [-0.39, 0.29) is 26.1 Å². The highest BCUT2D eigenvalue weighted by molar-refractivity contribution is 5.87. The summed E-state index contributed by atoms with van der Waals surface area (Å²) in [7, 11) is 0. The molecule has 56 heavy (non-hydrogen) atoms. The molecule has 0 aliphatic rings. The van der Waals surface area contributed by atoms with E-state index in [2.05, 4.69) is 44.3 Å². The van der Waals surface area contributed by atoms with Crippen LogP contribution in [0.3, 0.4) is 0 Å². The normalized spacial score (nSPS) is 11.7. The van der Waals surface area contributed by atoms with Crippen LogP contribution in [-0.2, 0) is 41.4 Å². The molecule has 0 saturated heterocycles. The Morgan fingerprint density at radius 1 is 0.571 bits per heavy atom. The van der Waals surface area contributed by atoms with Crippen LogP contribution in [0.5, 0.6) is 0 Å². The van der Waals surface area contributed by atoms with Gasteiger partial charge in [-0.25, -0.2) is 19.2 Å². The number of carbonyl (C=O) groups excluding carboxylic acids is 4. The molecule has 0 saturated carbocycles. The fraction of sp³-hybridized carbons (Fsp3) is 0.455. The molecule has 2 aromatic carbocycles. The van der Waals surface area contributed by atoms with Crippen LogP contribution in [0.4, 0.5) is 9.59 Å². The van der Waals surface area contributed by atoms with Gasteiger partial charge in [-0.2, -0.15) is 0 Å². The lowest BCUT2D eigenvalue weighted by Gasteiger charge is -2.17. The zero-order valence-corrected chi connectivity index (χ0v) is 32.5. The predicted molar refractivity (Wildman–Crippen MR) is 216 cm³/mol. The Kier molecular flexibility index (Phi) is 18.8. The van der Waals surface area contributed by atoms with E-state index < -0.39 is 36.2 Å². The van der Waals surface area contributed by atoms with Crippen LogP contribution in [0.2, 0.25) is 0 Å². The number of nitrogens with one attached hydrogen (secondary N) is 4. The number of aromatic nitrogens is 2. The number of alkyl carbamates (subject to hydrolysis) is 2. The third-order valence-electron chi connectivity index (χ3n) is 8.93. The summed E-state index contributed by atoms with van der Waals surface area (Å²) in [6.07, 6.45) is 10.0. The molecule has 2 aromatic heterocycles. The number of unbranched alkanes of at least 4 members (excludes halogenated alkanes) is 6. The van der Waals surface area contributed by atoms with Crippen LogP contribution in [0, 0.1) is 23.7 Å². The minimum absolute atomic E-state index is 0.192. The zero-order chi connectivity index (χ0) is 39.8. The molecule has 2 amide bonds. The Bertz CT molecular complexity index is 1840. The molecule has 0 radical (unpaired) electrons. The highest BCUT2D eigenvalue weighted by Gasteiger charge is 2.26. The largest absolute Gasteiger partial charge is 0.464 e. The second-order valence-electron chi connectivity index (χ2n) is 13.4. The van der Waals surface area contributed by atoms with Crippen LogP contribution < -0.4 is 10.6 Å². The van der Waals surface area contributed by atoms with Crippen molar-refractivity contribution in [3.8, 4) is 23.7 Å². The molecule has 2 heterocycles. The second-order valence-corrected chi connectivity index (χ2v) is 13.4. The highest BCUT2D eigenvalue weighted by atomic mass is 16.6. The van der Waals surface area contributed by atoms with Crippen molar-refractivity contribution in [2.75, 3.05) is 26.4 Å². The number of ether oxygens (including phenoxy) is 4. The van der Waals surface area contributed by atoms with Crippen molar-refractivity contribution < 1.29 is 38.1 Å². The summed E-state index contributed by atoms with van der Waals surface area (Å²) in [5, 5.41) is 7.34. The van der Waals surface area contributed by atoms with Gasteiger partial charge in [0.2, 0.25) is 0 Å². The Morgan fingerprint density at radius 3 is 1.41 bits per heavy atom. The number of rotatable bonds is 22. The van der Waals surface area contributed by atoms with Crippen molar-refractivity contribution in [1.82, 2.24) is 20.6 Å². The zero-order valence-electron chi connectivity index (χ0n) is 32.5. The predicted octanol–water partition coefficient (Wildman–Crippen LogP) is 7.66. The minimum Gasteiger partial charge on any atom is -0.464 e. The summed E-state index contributed by atoms with van der Waals surface area (Å²) in [4.78, 5) is 57.2. The van der Waals surface area contributed by atoms with E-state index in [4.69, 9.17) is 18.9 Å². The smallest absolute Gasteiger partial charge is 0.407 e. The van der Waals surface area contributed by atoms with E-state index in [1.807, 2.05) is 74.8 Å². The van der Waals surface area contributed by atoms with Gasteiger partial charge in [-0.05, 0) is 73.6 Å². The first-order valence-corrected chi connectivity index (χ1v) is 19.6. The molecule has 12 heteroatoms. The Morgan fingerprint density at radius 2 is 0.982 bits per heavy atom. The lowest BCUT2D eigenvalue weighted by Crippen LogP contribution is -2.43. The average Bonchev–Trinajstić information content (AvgIpc) is 3.81. The number of H-pyrrole nitrogens is 2. The molecular formula is C44H54N4O8. The summed E-state index contributed by atoms with van der Waals surface area (Å²) in [6.45, 7) is 5.01. The third kappa shape index (κ3) is 14.7. The molecular weight excluding hydrogens is 713 g/mol. The van der Waals surface area contributed by atoms with Crippen LogP contribution in [0.1, 0.15) is 89.2 Å². The van der Waals surface area contributed by atoms with Gasteiger partial charge in [-0.15, -0.1) is 0 Å². The first kappa shape index (κ1) is 42.9. The van der Waals surface area contributed by atoms with Gasteiger partial charge in [0.1, 0.15) is 12.1 Å². The number of fused-ring (bicyclic) bond motifs is 2.